The highest BCUT2D eigenvalue weighted by Gasteiger charge is 2.33. The van der Waals surface area contributed by atoms with Crippen LogP contribution in [0.15, 0.2) is 30.3 Å². The molecule has 0 aromatic heterocycles. The summed E-state index contributed by atoms with van der Waals surface area (Å²) >= 11 is 0. The Kier molecular flexibility index (Phi) is 23.9. The van der Waals surface area contributed by atoms with E-state index < -0.39 is 8.32 Å². The molecule has 216 valence electrons. The van der Waals surface area contributed by atoms with Crippen molar-refractivity contribution in [1.29, 1.82) is 0 Å². The summed E-state index contributed by atoms with van der Waals surface area (Å²) in [5.41, 5.74) is 1.44. The summed E-state index contributed by atoms with van der Waals surface area (Å²) in [6.45, 7) is 7.90. The van der Waals surface area contributed by atoms with E-state index in [1.54, 1.807) is 0 Å². The van der Waals surface area contributed by atoms with Crippen LogP contribution in [0.25, 0.3) is 0 Å². The molecule has 0 bridgehead atoms. The Balaban J connectivity index is 2.65. The molecule has 0 aliphatic carbocycles. The summed E-state index contributed by atoms with van der Waals surface area (Å²) in [5, 5.41) is 0. The molecule has 0 N–H and O–H groups in total. The quantitative estimate of drug-likeness (QED) is 0.0773. The van der Waals surface area contributed by atoms with E-state index in [1.807, 2.05) is 0 Å². The summed E-state index contributed by atoms with van der Waals surface area (Å²) < 4.78 is 7.11. The highest BCUT2D eigenvalue weighted by atomic mass is 28.4. The lowest BCUT2D eigenvalue weighted by Crippen LogP contribution is -2.39. The van der Waals surface area contributed by atoms with Crippen molar-refractivity contribution in [3.05, 3.63) is 35.9 Å². The Labute approximate surface area is 235 Å². The van der Waals surface area contributed by atoms with Gasteiger partial charge in [-0.05, 0) is 30.1 Å². The first-order chi connectivity index (χ1) is 18.3. The van der Waals surface area contributed by atoms with Crippen LogP contribution in [-0.4, -0.2) is 14.9 Å². The summed E-state index contributed by atoms with van der Waals surface area (Å²) in [6.07, 6.45) is 30.8. The maximum absolute atomic E-state index is 7.11. The normalized spacial score (nSPS) is 11.9. The van der Waals surface area contributed by atoms with Crippen molar-refractivity contribution in [2.45, 2.75) is 180 Å². The van der Waals surface area contributed by atoms with Crippen LogP contribution in [0, 0.1) is 0 Å². The van der Waals surface area contributed by atoms with E-state index in [-0.39, 0.29) is 0 Å². The Hall–Kier alpha value is -0.603. The maximum Gasteiger partial charge on any atom is 0.192 e. The first-order valence-electron chi connectivity index (χ1n) is 16.9. The van der Waals surface area contributed by atoms with Crippen molar-refractivity contribution < 1.29 is 4.43 Å². The minimum Gasteiger partial charge on any atom is -0.416 e. The predicted molar refractivity (Wildman–Crippen MR) is 170 cm³/mol. The van der Waals surface area contributed by atoms with Crippen molar-refractivity contribution >= 4 is 8.32 Å². The van der Waals surface area contributed by atoms with E-state index in [9.17, 15) is 0 Å². The van der Waals surface area contributed by atoms with E-state index in [1.165, 1.54) is 159 Å². The Bertz CT molecular complexity index is 526. The fourth-order valence-corrected chi connectivity index (χ4v) is 10.2. The minimum atomic E-state index is -1.68. The van der Waals surface area contributed by atoms with Gasteiger partial charge in [0.1, 0.15) is 0 Å². The summed E-state index contributed by atoms with van der Waals surface area (Å²) in [7, 11) is -1.68. The first-order valence-corrected chi connectivity index (χ1v) is 19.5. The highest BCUT2D eigenvalue weighted by Crippen LogP contribution is 2.31. The standard InChI is InChI=1S/C35H66OSi/c1-4-7-10-13-16-19-25-32-37(33-26-20-17-14-11-8-5-2,34-27-21-18-15-12-9-6-3)36-31-30-35-28-23-22-24-29-35/h22-24,28-29H,4-21,25-27,30-34H2,1-3H3. The molecule has 1 nitrogen and oxygen atoms in total. The van der Waals surface area contributed by atoms with Gasteiger partial charge in [0.25, 0.3) is 0 Å². The van der Waals surface area contributed by atoms with Crippen molar-refractivity contribution in [2.75, 3.05) is 6.61 Å². The molecule has 0 saturated carbocycles. The topological polar surface area (TPSA) is 9.23 Å². The Morgan fingerprint density at radius 1 is 0.459 bits per heavy atom. The van der Waals surface area contributed by atoms with Gasteiger partial charge < -0.3 is 4.43 Å². The van der Waals surface area contributed by atoms with Gasteiger partial charge >= 0.3 is 0 Å². The van der Waals surface area contributed by atoms with Crippen molar-refractivity contribution in [2.24, 2.45) is 0 Å². The molecule has 2 heteroatoms. The van der Waals surface area contributed by atoms with Gasteiger partial charge in [0.05, 0.1) is 0 Å². The van der Waals surface area contributed by atoms with Crippen LogP contribution in [0.4, 0.5) is 0 Å². The zero-order chi connectivity index (χ0) is 26.7. The number of hydrogen-bond donors (Lipinski definition) is 0. The third kappa shape index (κ3) is 20.0. The third-order valence-electron chi connectivity index (χ3n) is 8.35. The summed E-state index contributed by atoms with van der Waals surface area (Å²) in [5.74, 6) is 0. The zero-order valence-electron chi connectivity index (χ0n) is 25.7. The SMILES string of the molecule is CCCCCCCCC[Si](CCCCCCCCC)(CCCCCCCCC)OCCc1ccccc1. The van der Waals surface area contributed by atoms with Crippen molar-refractivity contribution in [3.8, 4) is 0 Å². The van der Waals surface area contributed by atoms with Gasteiger partial charge in [-0.1, -0.05) is 186 Å². The summed E-state index contributed by atoms with van der Waals surface area (Å²) in [4.78, 5) is 0. The van der Waals surface area contributed by atoms with Crippen LogP contribution < -0.4 is 0 Å². The Morgan fingerprint density at radius 3 is 1.19 bits per heavy atom. The fourth-order valence-electron chi connectivity index (χ4n) is 5.83. The fraction of sp³-hybridized carbons (Fsp3) is 0.829. The molecule has 0 fully saturated rings. The molecule has 0 saturated heterocycles. The van der Waals surface area contributed by atoms with Gasteiger partial charge in [-0.25, -0.2) is 0 Å². The third-order valence-corrected chi connectivity index (χ3v) is 13.0. The zero-order valence-corrected chi connectivity index (χ0v) is 26.7. The molecule has 37 heavy (non-hydrogen) atoms. The largest absolute Gasteiger partial charge is 0.416 e. The van der Waals surface area contributed by atoms with Crippen LogP contribution in [0.2, 0.25) is 18.1 Å². The lowest BCUT2D eigenvalue weighted by atomic mass is 10.1. The molecule has 1 aromatic carbocycles. The van der Waals surface area contributed by atoms with Crippen molar-refractivity contribution in [1.82, 2.24) is 0 Å². The van der Waals surface area contributed by atoms with Crippen LogP contribution in [0.1, 0.15) is 161 Å². The van der Waals surface area contributed by atoms with E-state index in [0.717, 1.165) is 13.0 Å². The molecular weight excluding hydrogens is 464 g/mol. The maximum atomic E-state index is 7.11. The minimum absolute atomic E-state index is 0.944. The number of unbranched alkanes of at least 4 members (excludes halogenated alkanes) is 18. The number of hydrogen-bond acceptors (Lipinski definition) is 1. The highest BCUT2D eigenvalue weighted by molar-refractivity contribution is 6.73. The molecule has 0 spiro atoms. The van der Waals surface area contributed by atoms with E-state index in [2.05, 4.69) is 51.1 Å². The second-order valence-corrected chi connectivity index (χ2v) is 16.0. The molecule has 0 unspecified atom stereocenters. The molecule has 0 amide bonds. The number of rotatable bonds is 28. The lowest BCUT2D eigenvalue weighted by Gasteiger charge is -2.32. The number of benzene rings is 1. The van der Waals surface area contributed by atoms with Gasteiger partial charge in [0.15, 0.2) is 8.32 Å². The van der Waals surface area contributed by atoms with Crippen LogP contribution in [-0.2, 0) is 10.8 Å². The van der Waals surface area contributed by atoms with Gasteiger partial charge in [-0.2, -0.15) is 0 Å². The lowest BCUT2D eigenvalue weighted by molar-refractivity contribution is 0.296. The summed E-state index contributed by atoms with van der Waals surface area (Å²) in [6, 6.07) is 15.3. The van der Waals surface area contributed by atoms with Crippen LogP contribution in [0.3, 0.4) is 0 Å². The molecule has 1 aromatic rings. The second kappa shape index (κ2) is 25.7. The van der Waals surface area contributed by atoms with Gasteiger partial charge in [0.2, 0.25) is 0 Å². The molecule has 0 heterocycles. The van der Waals surface area contributed by atoms with E-state index in [0.29, 0.717) is 0 Å². The van der Waals surface area contributed by atoms with Gasteiger partial charge in [0, 0.05) is 6.61 Å². The van der Waals surface area contributed by atoms with E-state index in [4.69, 9.17) is 4.43 Å². The second-order valence-electron chi connectivity index (χ2n) is 11.9. The monoisotopic (exact) mass is 530 g/mol. The van der Waals surface area contributed by atoms with Gasteiger partial charge in [-0.15, -0.1) is 0 Å². The smallest absolute Gasteiger partial charge is 0.192 e. The average Bonchev–Trinajstić information content (AvgIpc) is 2.92. The van der Waals surface area contributed by atoms with Crippen molar-refractivity contribution in [3.63, 3.8) is 0 Å². The molecule has 0 aliphatic heterocycles. The molecule has 0 aliphatic rings. The molecular formula is C35H66OSi. The first kappa shape index (κ1) is 34.4. The predicted octanol–water partition coefficient (Wildman–Crippen LogP) is 12.4. The van der Waals surface area contributed by atoms with Crippen LogP contribution >= 0.6 is 0 Å². The molecule has 0 atom stereocenters. The van der Waals surface area contributed by atoms with Crippen LogP contribution in [0.5, 0.6) is 0 Å². The average molecular weight is 531 g/mol. The Morgan fingerprint density at radius 2 is 0.811 bits per heavy atom. The van der Waals surface area contributed by atoms with Gasteiger partial charge in [-0.3, -0.25) is 0 Å². The van der Waals surface area contributed by atoms with E-state index >= 15 is 0 Å². The molecule has 1 rings (SSSR count). The molecule has 0 radical (unpaired) electrons.